The monoisotopic (exact) mass is 474 g/mol. The zero-order chi connectivity index (χ0) is 22.9. The molecule has 0 aliphatic carbocycles. The molecule has 164 valence electrons. The van der Waals surface area contributed by atoms with Gasteiger partial charge < -0.3 is 0 Å². The lowest BCUT2D eigenvalue weighted by Crippen LogP contribution is -2.37. The van der Waals surface area contributed by atoms with Gasteiger partial charge in [-0.05, 0) is 49.4 Å². The molecule has 1 aromatic heterocycles. The zero-order valence-electron chi connectivity index (χ0n) is 17.7. The van der Waals surface area contributed by atoms with Gasteiger partial charge in [-0.15, -0.1) is 0 Å². The number of hydrogen-bond donors (Lipinski definition) is 0. The fourth-order valence-electron chi connectivity index (χ4n) is 3.68. The van der Waals surface area contributed by atoms with E-state index < -0.39 is 0 Å². The molecule has 0 bridgehead atoms. The van der Waals surface area contributed by atoms with Gasteiger partial charge in [-0.1, -0.05) is 59.8 Å². The third-order valence-electron chi connectivity index (χ3n) is 5.27. The van der Waals surface area contributed by atoms with E-state index in [2.05, 4.69) is 10.1 Å². The molecule has 0 radical (unpaired) electrons. The molecule has 1 aliphatic rings. The Kier molecular flexibility index (Phi) is 5.74. The SMILES string of the molecule is CC1CSC(N(C(=O)c2nn(-c3ccccc3)c(=O)c3ccccc23)c2ccc(Cl)cc2)=N1. The van der Waals surface area contributed by atoms with Crippen LogP contribution in [0.3, 0.4) is 0 Å². The first-order valence-corrected chi connectivity index (χ1v) is 11.8. The number of halogens is 1. The minimum atomic E-state index is -0.362. The molecule has 8 heteroatoms. The quantitative estimate of drug-likeness (QED) is 0.410. The Morgan fingerprint density at radius 3 is 2.33 bits per heavy atom. The number of carbonyl (C=O) groups is 1. The summed E-state index contributed by atoms with van der Waals surface area (Å²) in [6.45, 7) is 2.01. The van der Waals surface area contributed by atoms with Crippen LogP contribution in [0.15, 0.2) is 88.6 Å². The molecule has 1 amide bonds. The van der Waals surface area contributed by atoms with E-state index in [0.29, 0.717) is 32.3 Å². The lowest BCUT2D eigenvalue weighted by atomic mass is 10.1. The molecule has 5 rings (SSSR count). The zero-order valence-corrected chi connectivity index (χ0v) is 19.3. The number of thioether (sulfide) groups is 1. The van der Waals surface area contributed by atoms with Crippen LogP contribution in [0.5, 0.6) is 0 Å². The average molecular weight is 475 g/mol. The Hall–Kier alpha value is -3.42. The van der Waals surface area contributed by atoms with Crippen LogP contribution in [-0.4, -0.2) is 32.7 Å². The second-order valence-electron chi connectivity index (χ2n) is 7.64. The number of amides is 1. The maximum Gasteiger partial charge on any atom is 0.285 e. The molecule has 1 aliphatic heterocycles. The van der Waals surface area contributed by atoms with Crippen LogP contribution in [0.25, 0.3) is 16.5 Å². The summed E-state index contributed by atoms with van der Waals surface area (Å²) in [6.07, 6.45) is 0. The number of nitrogens with zero attached hydrogens (tertiary/aromatic N) is 4. The summed E-state index contributed by atoms with van der Waals surface area (Å²) in [6, 6.07) is 23.2. The minimum absolute atomic E-state index is 0.0931. The molecule has 4 aromatic rings. The van der Waals surface area contributed by atoms with Gasteiger partial charge in [0.1, 0.15) is 0 Å². The van der Waals surface area contributed by atoms with E-state index in [1.807, 2.05) is 25.1 Å². The second kappa shape index (κ2) is 8.84. The van der Waals surface area contributed by atoms with Crippen molar-refractivity contribution in [3.63, 3.8) is 0 Å². The summed E-state index contributed by atoms with van der Waals surface area (Å²) >= 11 is 7.61. The molecule has 0 spiro atoms. The van der Waals surface area contributed by atoms with Crippen molar-refractivity contribution in [1.29, 1.82) is 0 Å². The van der Waals surface area contributed by atoms with Gasteiger partial charge in [-0.2, -0.15) is 9.78 Å². The molecule has 0 saturated carbocycles. The molecule has 3 aromatic carbocycles. The van der Waals surface area contributed by atoms with Crippen LogP contribution in [0, 0.1) is 0 Å². The highest BCUT2D eigenvalue weighted by molar-refractivity contribution is 8.14. The molecule has 2 heterocycles. The fourth-order valence-corrected chi connectivity index (χ4v) is 4.85. The third kappa shape index (κ3) is 4.05. The lowest BCUT2D eigenvalue weighted by Gasteiger charge is -2.22. The molecule has 0 fully saturated rings. The van der Waals surface area contributed by atoms with Gasteiger partial charge in [-0.25, -0.2) is 0 Å². The Bertz CT molecular complexity index is 1430. The van der Waals surface area contributed by atoms with Crippen LogP contribution in [0.1, 0.15) is 17.4 Å². The van der Waals surface area contributed by atoms with E-state index in [1.165, 1.54) is 16.4 Å². The molecule has 33 heavy (non-hydrogen) atoms. The Labute approximate surface area is 199 Å². The van der Waals surface area contributed by atoms with Crippen molar-refractivity contribution < 1.29 is 4.79 Å². The van der Waals surface area contributed by atoms with E-state index in [4.69, 9.17) is 11.6 Å². The van der Waals surface area contributed by atoms with E-state index >= 15 is 0 Å². The largest absolute Gasteiger partial charge is 0.285 e. The molecule has 1 atom stereocenters. The molecular weight excluding hydrogens is 456 g/mol. The van der Waals surface area contributed by atoms with Crippen LogP contribution in [-0.2, 0) is 0 Å². The minimum Gasteiger partial charge on any atom is -0.267 e. The van der Waals surface area contributed by atoms with Crippen LogP contribution < -0.4 is 10.5 Å². The average Bonchev–Trinajstić information content (AvgIpc) is 3.27. The number of amidine groups is 1. The van der Waals surface area contributed by atoms with Crippen LogP contribution >= 0.6 is 23.4 Å². The summed E-state index contributed by atoms with van der Waals surface area (Å²) in [5, 5.41) is 6.63. The highest BCUT2D eigenvalue weighted by Gasteiger charge is 2.30. The number of carbonyl (C=O) groups excluding carboxylic acids is 1. The van der Waals surface area contributed by atoms with Gasteiger partial charge in [0.15, 0.2) is 10.9 Å². The van der Waals surface area contributed by atoms with E-state index in [1.54, 1.807) is 65.6 Å². The van der Waals surface area contributed by atoms with Crippen LogP contribution in [0.2, 0.25) is 5.02 Å². The van der Waals surface area contributed by atoms with Crippen molar-refractivity contribution in [3.05, 3.63) is 99.9 Å². The number of fused-ring (bicyclic) bond motifs is 1. The molecule has 6 nitrogen and oxygen atoms in total. The molecule has 1 unspecified atom stereocenters. The van der Waals surface area contributed by atoms with Gasteiger partial charge in [0, 0.05) is 16.2 Å². The predicted molar refractivity (Wildman–Crippen MR) is 135 cm³/mol. The van der Waals surface area contributed by atoms with Gasteiger partial charge in [0.05, 0.1) is 22.8 Å². The van der Waals surface area contributed by atoms with E-state index in [0.717, 1.165) is 5.75 Å². The highest BCUT2D eigenvalue weighted by Crippen LogP contribution is 2.29. The molecular formula is C25H19ClN4O2S. The third-order valence-corrected chi connectivity index (χ3v) is 6.72. The second-order valence-corrected chi connectivity index (χ2v) is 9.06. The smallest absolute Gasteiger partial charge is 0.267 e. The first-order chi connectivity index (χ1) is 16.0. The fraction of sp³-hybridized carbons (Fsp3) is 0.120. The number of para-hydroxylation sites is 1. The molecule has 0 N–H and O–H groups in total. The summed E-state index contributed by atoms with van der Waals surface area (Å²) in [5.74, 6) is 0.420. The number of rotatable bonds is 3. The van der Waals surface area contributed by atoms with Crippen molar-refractivity contribution in [2.45, 2.75) is 13.0 Å². The van der Waals surface area contributed by atoms with Crippen molar-refractivity contribution in [2.75, 3.05) is 10.7 Å². The van der Waals surface area contributed by atoms with Gasteiger partial charge in [-0.3, -0.25) is 19.5 Å². The normalized spacial score (nSPS) is 15.5. The van der Waals surface area contributed by atoms with Gasteiger partial charge in [0.25, 0.3) is 11.5 Å². The van der Waals surface area contributed by atoms with Crippen LogP contribution in [0.4, 0.5) is 5.69 Å². The van der Waals surface area contributed by atoms with Gasteiger partial charge in [0.2, 0.25) is 0 Å². The summed E-state index contributed by atoms with van der Waals surface area (Å²) < 4.78 is 1.28. The number of anilines is 1. The van der Waals surface area contributed by atoms with Gasteiger partial charge >= 0.3 is 0 Å². The van der Waals surface area contributed by atoms with E-state index in [9.17, 15) is 9.59 Å². The highest BCUT2D eigenvalue weighted by atomic mass is 35.5. The Morgan fingerprint density at radius 2 is 1.67 bits per heavy atom. The summed E-state index contributed by atoms with van der Waals surface area (Å²) in [4.78, 5) is 33.5. The van der Waals surface area contributed by atoms with E-state index in [-0.39, 0.29) is 23.2 Å². The summed E-state index contributed by atoms with van der Waals surface area (Å²) in [7, 11) is 0. The maximum absolute atomic E-state index is 14.1. The Balaban J connectivity index is 1.73. The van der Waals surface area contributed by atoms with Crippen molar-refractivity contribution in [2.24, 2.45) is 4.99 Å². The van der Waals surface area contributed by atoms with Crippen molar-refractivity contribution >= 4 is 50.9 Å². The number of benzene rings is 3. The Morgan fingerprint density at radius 1 is 1.00 bits per heavy atom. The number of aromatic nitrogens is 2. The number of aliphatic imine (C=N–C) groups is 1. The maximum atomic E-state index is 14.1. The first kappa shape index (κ1) is 21.4. The lowest BCUT2D eigenvalue weighted by molar-refractivity contribution is 0.0998. The topological polar surface area (TPSA) is 67.6 Å². The van der Waals surface area contributed by atoms with Crippen molar-refractivity contribution in [1.82, 2.24) is 9.78 Å². The first-order valence-electron chi connectivity index (χ1n) is 10.4. The summed E-state index contributed by atoms with van der Waals surface area (Å²) in [5.41, 5.74) is 1.11. The number of hydrogen-bond acceptors (Lipinski definition) is 5. The predicted octanol–water partition coefficient (Wildman–Crippen LogP) is 5.18. The molecule has 0 saturated heterocycles. The standard InChI is InChI=1S/C25H19ClN4O2S/c1-16-15-33-25(27-16)29(18-13-11-17(26)12-14-18)24(32)22-20-9-5-6-10-21(20)23(31)30(28-22)19-7-3-2-4-8-19/h2-14,16H,15H2,1H3. The van der Waals surface area contributed by atoms with Crippen molar-refractivity contribution in [3.8, 4) is 5.69 Å².